The van der Waals surface area contributed by atoms with Gasteiger partial charge in [0.1, 0.15) is 6.26 Å². The molecule has 0 N–H and O–H groups in total. The number of piperazine rings is 1. The number of anilines is 1. The minimum absolute atomic E-state index is 0.665. The summed E-state index contributed by atoms with van der Waals surface area (Å²) in [6, 6.07) is 16.0. The van der Waals surface area contributed by atoms with Gasteiger partial charge in [0.25, 0.3) is 0 Å². The summed E-state index contributed by atoms with van der Waals surface area (Å²) >= 11 is 9.58. The van der Waals surface area contributed by atoms with Gasteiger partial charge in [-0.15, -0.1) is 0 Å². The highest BCUT2D eigenvalue weighted by Gasteiger charge is 2.20. The summed E-state index contributed by atoms with van der Waals surface area (Å²) in [4.78, 5) is 14.0. The highest BCUT2D eigenvalue weighted by atomic mass is 79.9. The van der Waals surface area contributed by atoms with E-state index in [1.54, 1.807) is 6.26 Å². The molecule has 4 aromatic rings. The fraction of sp³-hybridized carbons (Fsp3) is 0.217. The molecule has 5 nitrogen and oxygen atoms in total. The van der Waals surface area contributed by atoms with E-state index in [1.165, 1.54) is 5.69 Å². The molecule has 2 aromatic heterocycles. The van der Waals surface area contributed by atoms with Crippen molar-refractivity contribution >= 4 is 44.1 Å². The van der Waals surface area contributed by atoms with E-state index in [1.807, 2.05) is 42.6 Å². The molecule has 0 bridgehead atoms. The Kier molecular flexibility index (Phi) is 5.46. The van der Waals surface area contributed by atoms with E-state index >= 15 is 0 Å². The van der Waals surface area contributed by atoms with Crippen LogP contribution in [0.5, 0.6) is 0 Å². The zero-order valence-electron chi connectivity index (χ0n) is 16.3. The van der Waals surface area contributed by atoms with Gasteiger partial charge in [0.2, 0.25) is 5.89 Å². The molecule has 1 fully saturated rings. The van der Waals surface area contributed by atoms with Gasteiger partial charge in [-0.25, -0.2) is 4.98 Å². The topological polar surface area (TPSA) is 45.4 Å². The van der Waals surface area contributed by atoms with Gasteiger partial charge in [-0.1, -0.05) is 27.5 Å². The molecule has 1 saturated heterocycles. The van der Waals surface area contributed by atoms with Crippen LogP contribution in [0.15, 0.2) is 69.9 Å². The lowest BCUT2D eigenvalue weighted by Gasteiger charge is -2.36. The molecular formula is C23H20BrClN4O. The average molecular weight is 484 g/mol. The maximum absolute atomic E-state index is 6.12. The molecule has 1 aliphatic heterocycles. The Morgan fingerprint density at radius 3 is 2.60 bits per heavy atom. The van der Waals surface area contributed by atoms with Crippen molar-refractivity contribution in [1.82, 2.24) is 14.9 Å². The number of nitrogens with zero attached hydrogens (tertiary/aromatic N) is 4. The number of halogens is 2. The summed E-state index contributed by atoms with van der Waals surface area (Å²) in [5.41, 5.74) is 4.10. The van der Waals surface area contributed by atoms with Gasteiger partial charge < -0.3 is 9.32 Å². The second-order valence-electron chi connectivity index (χ2n) is 7.41. The fourth-order valence-electron chi connectivity index (χ4n) is 3.86. The number of oxazole rings is 1. The Labute approximate surface area is 188 Å². The van der Waals surface area contributed by atoms with Crippen molar-refractivity contribution < 1.29 is 4.42 Å². The first kappa shape index (κ1) is 19.5. The highest BCUT2D eigenvalue weighted by molar-refractivity contribution is 9.10. The first-order valence-corrected chi connectivity index (χ1v) is 11.0. The molecule has 1 aliphatic rings. The molecule has 152 valence electrons. The van der Waals surface area contributed by atoms with Crippen LogP contribution in [-0.2, 0) is 6.54 Å². The first-order chi connectivity index (χ1) is 14.7. The molecule has 0 amide bonds. The monoisotopic (exact) mass is 482 g/mol. The molecule has 0 saturated carbocycles. The van der Waals surface area contributed by atoms with E-state index in [-0.39, 0.29) is 0 Å². The number of hydrogen-bond donors (Lipinski definition) is 0. The third-order valence-electron chi connectivity index (χ3n) is 5.42. The Hall–Kier alpha value is -2.41. The van der Waals surface area contributed by atoms with Gasteiger partial charge in [0, 0.05) is 65.1 Å². The van der Waals surface area contributed by atoms with Crippen LogP contribution in [0.2, 0.25) is 5.02 Å². The summed E-state index contributed by atoms with van der Waals surface area (Å²) in [5, 5.41) is 1.86. The molecule has 0 spiro atoms. The number of rotatable bonds is 4. The molecule has 0 unspecified atom stereocenters. The van der Waals surface area contributed by atoms with Crippen molar-refractivity contribution in [2.24, 2.45) is 0 Å². The van der Waals surface area contributed by atoms with Gasteiger partial charge in [-0.05, 0) is 48.5 Å². The van der Waals surface area contributed by atoms with E-state index in [9.17, 15) is 0 Å². The van der Waals surface area contributed by atoms with Crippen LogP contribution < -0.4 is 4.90 Å². The highest BCUT2D eigenvalue weighted by Crippen LogP contribution is 2.28. The molecule has 0 aliphatic carbocycles. The summed E-state index contributed by atoms with van der Waals surface area (Å²) in [7, 11) is 0. The summed E-state index contributed by atoms with van der Waals surface area (Å²) in [6.07, 6.45) is 3.63. The van der Waals surface area contributed by atoms with E-state index < -0.39 is 0 Å². The largest absolute Gasteiger partial charge is 0.444 e. The lowest BCUT2D eigenvalue weighted by Crippen LogP contribution is -2.46. The standard InChI is InChI=1S/C23H20BrClN4O/c24-17-3-1-16(2-4-17)23-27-19(15-30-23)14-28-9-11-29(12-10-28)22-7-8-26-21-13-18(25)5-6-20(21)22/h1-8,13,15H,9-12,14H2. The van der Waals surface area contributed by atoms with Crippen LogP contribution >= 0.6 is 27.5 Å². The Balaban J connectivity index is 1.24. The van der Waals surface area contributed by atoms with E-state index in [0.717, 1.165) is 59.4 Å². The van der Waals surface area contributed by atoms with Crippen LogP contribution in [0.1, 0.15) is 5.69 Å². The van der Waals surface area contributed by atoms with Crippen LogP contribution in [0.4, 0.5) is 5.69 Å². The Morgan fingerprint density at radius 2 is 1.80 bits per heavy atom. The molecule has 0 radical (unpaired) electrons. The molecule has 2 aromatic carbocycles. The predicted octanol–water partition coefficient (Wildman–Crippen LogP) is 5.63. The second kappa shape index (κ2) is 8.38. The number of benzene rings is 2. The van der Waals surface area contributed by atoms with Crippen molar-refractivity contribution in [1.29, 1.82) is 0 Å². The van der Waals surface area contributed by atoms with Crippen molar-refractivity contribution in [3.63, 3.8) is 0 Å². The smallest absolute Gasteiger partial charge is 0.226 e. The first-order valence-electron chi connectivity index (χ1n) is 9.88. The van der Waals surface area contributed by atoms with Crippen molar-refractivity contribution in [2.45, 2.75) is 6.54 Å². The van der Waals surface area contributed by atoms with Crippen molar-refractivity contribution in [3.05, 3.63) is 76.2 Å². The van der Waals surface area contributed by atoms with E-state index in [4.69, 9.17) is 16.0 Å². The lowest BCUT2D eigenvalue weighted by atomic mass is 10.1. The number of hydrogen-bond acceptors (Lipinski definition) is 5. The molecule has 3 heterocycles. The predicted molar refractivity (Wildman–Crippen MR) is 124 cm³/mol. The lowest BCUT2D eigenvalue weighted by molar-refractivity contribution is 0.247. The molecular weight excluding hydrogens is 464 g/mol. The van der Waals surface area contributed by atoms with Gasteiger partial charge in [-0.3, -0.25) is 9.88 Å². The van der Waals surface area contributed by atoms with Crippen LogP contribution in [0, 0.1) is 0 Å². The fourth-order valence-corrected chi connectivity index (χ4v) is 4.29. The van der Waals surface area contributed by atoms with Gasteiger partial charge in [-0.2, -0.15) is 0 Å². The van der Waals surface area contributed by atoms with Crippen LogP contribution in [0.25, 0.3) is 22.4 Å². The van der Waals surface area contributed by atoms with Crippen LogP contribution in [-0.4, -0.2) is 41.0 Å². The third-order valence-corrected chi connectivity index (χ3v) is 6.19. The Morgan fingerprint density at radius 1 is 1.00 bits per heavy atom. The maximum Gasteiger partial charge on any atom is 0.226 e. The third kappa shape index (κ3) is 4.08. The molecule has 30 heavy (non-hydrogen) atoms. The maximum atomic E-state index is 6.12. The van der Waals surface area contributed by atoms with Gasteiger partial charge >= 0.3 is 0 Å². The summed E-state index contributed by atoms with van der Waals surface area (Å²) < 4.78 is 6.74. The summed E-state index contributed by atoms with van der Waals surface area (Å²) in [5.74, 6) is 0.665. The minimum Gasteiger partial charge on any atom is -0.444 e. The normalized spacial score (nSPS) is 15.1. The molecule has 0 atom stereocenters. The Bertz CT molecular complexity index is 1170. The number of fused-ring (bicyclic) bond motifs is 1. The van der Waals surface area contributed by atoms with Crippen molar-refractivity contribution in [3.8, 4) is 11.5 Å². The zero-order valence-corrected chi connectivity index (χ0v) is 18.6. The number of pyridine rings is 1. The SMILES string of the molecule is Clc1ccc2c(N3CCN(Cc4coc(-c5ccc(Br)cc5)n4)CC3)ccnc2c1. The van der Waals surface area contributed by atoms with E-state index in [2.05, 4.69) is 47.8 Å². The van der Waals surface area contributed by atoms with Crippen molar-refractivity contribution in [2.75, 3.05) is 31.1 Å². The average Bonchev–Trinajstić information content (AvgIpc) is 3.22. The minimum atomic E-state index is 0.665. The zero-order chi connectivity index (χ0) is 20.5. The van der Waals surface area contributed by atoms with Gasteiger partial charge in [0.15, 0.2) is 0 Å². The van der Waals surface area contributed by atoms with Gasteiger partial charge in [0.05, 0.1) is 11.2 Å². The van der Waals surface area contributed by atoms with Crippen LogP contribution in [0.3, 0.4) is 0 Å². The summed E-state index contributed by atoms with van der Waals surface area (Å²) in [6.45, 7) is 4.65. The second-order valence-corrected chi connectivity index (χ2v) is 8.76. The quantitative estimate of drug-likeness (QED) is 0.376. The number of aromatic nitrogens is 2. The molecule has 7 heteroatoms. The molecule has 5 rings (SSSR count). The van der Waals surface area contributed by atoms with E-state index in [0.29, 0.717) is 10.9 Å².